The molecule has 2 aliphatic heterocycles. The molecule has 0 N–H and O–H groups in total. The standard InChI is InChI=1S/C51H84O11/c1-13-20-41(52)56-32-40-47(58-42(53)21-14-2)48(59-43(54)22-15-3)49(60-44(55)23-16-4)50(57-40)61-45-36(9)37(10)46-39(38(45)11)29-31-51(12,62-46)30-19-28-35(8)27-18-26-34(7)25-17-24-33(5)6/h33-35,40,47-50H,13-32H2,1-12H3/t34-,35-,40-,47-,48+,49-,50+,51-/m1/s1. The van der Waals surface area contributed by atoms with E-state index in [1.54, 1.807) is 0 Å². The number of rotatable bonds is 27. The quantitative estimate of drug-likeness (QED) is 0.0618. The summed E-state index contributed by atoms with van der Waals surface area (Å²) in [4.78, 5) is 52.2. The maximum atomic E-state index is 13.3. The average molecular weight is 873 g/mol. The predicted molar refractivity (Wildman–Crippen MR) is 242 cm³/mol. The molecule has 2 aliphatic rings. The van der Waals surface area contributed by atoms with Gasteiger partial charge in [-0.15, -0.1) is 0 Å². The molecule has 1 aromatic carbocycles. The molecule has 0 bridgehead atoms. The first-order valence-electron chi connectivity index (χ1n) is 24.3. The fraction of sp³-hybridized carbons (Fsp3) is 0.804. The summed E-state index contributed by atoms with van der Waals surface area (Å²) in [6.07, 6.45) is 9.11. The van der Waals surface area contributed by atoms with Crippen molar-refractivity contribution < 1.29 is 52.3 Å². The zero-order chi connectivity index (χ0) is 46.0. The van der Waals surface area contributed by atoms with E-state index in [4.69, 9.17) is 33.2 Å². The van der Waals surface area contributed by atoms with Crippen molar-refractivity contribution in [2.45, 2.75) is 241 Å². The summed E-state index contributed by atoms with van der Waals surface area (Å²) in [6.45, 7) is 24.8. The Balaban J connectivity index is 1.89. The Morgan fingerprint density at radius 3 is 1.69 bits per heavy atom. The first kappa shape index (κ1) is 53.0. The molecule has 0 aromatic heterocycles. The second kappa shape index (κ2) is 26.4. The molecule has 62 heavy (non-hydrogen) atoms. The van der Waals surface area contributed by atoms with E-state index in [2.05, 4.69) is 34.6 Å². The second-order valence-electron chi connectivity index (χ2n) is 19.1. The summed E-state index contributed by atoms with van der Waals surface area (Å²) in [5.41, 5.74) is 3.41. The zero-order valence-electron chi connectivity index (χ0n) is 40.8. The highest BCUT2D eigenvalue weighted by Gasteiger charge is 2.54. The fourth-order valence-electron chi connectivity index (χ4n) is 8.76. The van der Waals surface area contributed by atoms with Gasteiger partial charge in [0.2, 0.25) is 12.4 Å². The molecule has 2 heterocycles. The molecule has 354 valence electrons. The molecule has 0 spiro atoms. The highest BCUT2D eigenvalue weighted by atomic mass is 16.7. The van der Waals surface area contributed by atoms with Gasteiger partial charge >= 0.3 is 23.9 Å². The van der Waals surface area contributed by atoms with Gasteiger partial charge in [0.15, 0.2) is 12.2 Å². The largest absolute Gasteiger partial charge is 0.487 e. The summed E-state index contributed by atoms with van der Waals surface area (Å²) in [7, 11) is 0. The Bertz CT molecular complexity index is 1570. The van der Waals surface area contributed by atoms with Gasteiger partial charge in [0, 0.05) is 31.2 Å². The third-order valence-electron chi connectivity index (χ3n) is 12.7. The molecule has 1 aromatic rings. The second-order valence-corrected chi connectivity index (χ2v) is 19.1. The van der Waals surface area contributed by atoms with Gasteiger partial charge in [0.25, 0.3) is 0 Å². The van der Waals surface area contributed by atoms with Crippen LogP contribution in [-0.2, 0) is 49.3 Å². The lowest BCUT2D eigenvalue weighted by molar-refractivity contribution is -0.289. The van der Waals surface area contributed by atoms with Gasteiger partial charge in [-0.05, 0) is 114 Å². The highest BCUT2D eigenvalue weighted by Crippen LogP contribution is 2.46. The van der Waals surface area contributed by atoms with Crippen LogP contribution in [0, 0.1) is 38.5 Å². The van der Waals surface area contributed by atoms with Gasteiger partial charge in [0.05, 0.1) is 0 Å². The normalized spacial score (nSPS) is 23.1. The number of carbonyl (C=O) groups excluding carboxylic acids is 4. The molecule has 0 unspecified atom stereocenters. The molecule has 11 heteroatoms. The number of hydrogen-bond donors (Lipinski definition) is 0. The fourth-order valence-corrected chi connectivity index (χ4v) is 8.76. The summed E-state index contributed by atoms with van der Waals surface area (Å²) < 4.78 is 44.0. The van der Waals surface area contributed by atoms with Crippen LogP contribution in [0.1, 0.15) is 200 Å². The van der Waals surface area contributed by atoms with Crippen LogP contribution in [0.5, 0.6) is 11.5 Å². The summed E-state index contributed by atoms with van der Waals surface area (Å²) >= 11 is 0. The van der Waals surface area contributed by atoms with Gasteiger partial charge in [-0.25, -0.2) is 0 Å². The molecule has 11 nitrogen and oxygen atoms in total. The monoisotopic (exact) mass is 873 g/mol. The average Bonchev–Trinajstić information content (AvgIpc) is 3.20. The third kappa shape index (κ3) is 16.3. The van der Waals surface area contributed by atoms with Crippen LogP contribution >= 0.6 is 0 Å². The third-order valence-corrected chi connectivity index (χ3v) is 12.7. The molecule has 0 saturated carbocycles. The van der Waals surface area contributed by atoms with E-state index in [1.807, 2.05) is 48.5 Å². The van der Waals surface area contributed by atoms with Crippen LogP contribution in [0.2, 0.25) is 0 Å². The Kier molecular flexibility index (Phi) is 22.6. The van der Waals surface area contributed by atoms with Crippen LogP contribution in [0.15, 0.2) is 0 Å². The Morgan fingerprint density at radius 2 is 1.15 bits per heavy atom. The van der Waals surface area contributed by atoms with Crippen molar-refractivity contribution in [1.29, 1.82) is 0 Å². The summed E-state index contributed by atoms with van der Waals surface area (Å²) in [5, 5.41) is 0. The molecule has 1 saturated heterocycles. The number of fused-ring (bicyclic) bond motifs is 1. The van der Waals surface area contributed by atoms with Crippen LogP contribution < -0.4 is 9.47 Å². The molecule has 3 rings (SSSR count). The minimum Gasteiger partial charge on any atom is -0.487 e. The van der Waals surface area contributed by atoms with E-state index in [1.165, 1.54) is 44.9 Å². The molecule has 1 fully saturated rings. The lowest BCUT2D eigenvalue weighted by Crippen LogP contribution is -2.64. The Labute approximate surface area is 374 Å². The zero-order valence-corrected chi connectivity index (χ0v) is 40.8. The van der Waals surface area contributed by atoms with Crippen molar-refractivity contribution in [1.82, 2.24) is 0 Å². The van der Waals surface area contributed by atoms with Gasteiger partial charge < -0.3 is 33.2 Å². The maximum Gasteiger partial charge on any atom is 0.306 e. The van der Waals surface area contributed by atoms with E-state index >= 15 is 0 Å². The first-order valence-corrected chi connectivity index (χ1v) is 24.3. The molecule has 0 amide bonds. The number of esters is 4. The maximum absolute atomic E-state index is 13.3. The number of hydrogen-bond acceptors (Lipinski definition) is 11. The van der Waals surface area contributed by atoms with Crippen molar-refractivity contribution in [2.75, 3.05) is 6.61 Å². The van der Waals surface area contributed by atoms with Crippen LogP contribution in [-0.4, -0.2) is 66.8 Å². The topological polar surface area (TPSA) is 133 Å². The van der Waals surface area contributed by atoms with Gasteiger partial charge in [-0.1, -0.05) is 100 Å². The van der Waals surface area contributed by atoms with Crippen LogP contribution in [0.25, 0.3) is 0 Å². The van der Waals surface area contributed by atoms with Gasteiger partial charge in [-0.3, -0.25) is 19.2 Å². The van der Waals surface area contributed by atoms with E-state index in [0.717, 1.165) is 65.5 Å². The van der Waals surface area contributed by atoms with Crippen molar-refractivity contribution in [3.8, 4) is 11.5 Å². The van der Waals surface area contributed by atoms with Crippen LogP contribution in [0.3, 0.4) is 0 Å². The lowest BCUT2D eigenvalue weighted by Gasteiger charge is -2.44. The molecule has 8 atom stereocenters. The SMILES string of the molecule is CCCC(=O)OC[C@H]1O[C@@H](Oc2c(C)c(C)c3c(c2C)CC[C@@](C)(CCC[C@H](C)CCC[C@H](C)CCCC(C)C)O3)[C@H](OC(=O)CCC)[C@@H](OC(=O)CCC)[C@@H]1OC(=O)CCC. The molecular formula is C51H84O11. The van der Waals surface area contributed by atoms with E-state index in [9.17, 15) is 19.2 Å². The minimum absolute atomic E-state index is 0.0859. The van der Waals surface area contributed by atoms with Crippen molar-refractivity contribution in [3.05, 3.63) is 22.3 Å². The molecular weight excluding hydrogens is 789 g/mol. The van der Waals surface area contributed by atoms with Crippen molar-refractivity contribution in [2.24, 2.45) is 17.8 Å². The van der Waals surface area contributed by atoms with E-state index < -0.39 is 54.6 Å². The smallest absolute Gasteiger partial charge is 0.306 e. The van der Waals surface area contributed by atoms with Crippen molar-refractivity contribution in [3.63, 3.8) is 0 Å². The van der Waals surface area contributed by atoms with Gasteiger partial charge in [0.1, 0.15) is 29.8 Å². The highest BCUT2D eigenvalue weighted by molar-refractivity contribution is 5.72. The first-order chi connectivity index (χ1) is 29.5. The number of benzene rings is 1. The summed E-state index contributed by atoms with van der Waals surface area (Å²) in [5.74, 6) is 1.60. The Morgan fingerprint density at radius 1 is 0.645 bits per heavy atom. The van der Waals surface area contributed by atoms with Gasteiger partial charge in [-0.2, -0.15) is 0 Å². The predicted octanol–water partition coefficient (Wildman–Crippen LogP) is 11.7. The number of ether oxygens (including phenoxy) is 7. The van der Waals surface area contributed by atoms with E-state index in [0.29, 0.717) is 37.4 Å². The van der Waals surface area contributed by atoms with Crippen molar-refractivity contribution >= 4 is 23.9 Å². The lowest BCUT2D eigenvalue weighted by atomic mass is 9.83. The molecule has 0 aliphatic carbocycles. The van der Waals surface area contributed by atoms with Crippen LogP contribution in [0.4, 0.5) is 0 Å². The summed E-state index contributed by atoms with van der Waals surface area (Å²) in [6, 6.07) is 0. The van der Waals surface area contributed by atoms with E-state index in [-0.39, 0.29) is 37.9 Å². The Hall–Kier alpha value is -3.34. The number of carbonyl (C=O) groups is 4. The molecule has 0 radical (unpaired) electrons. The minimum atomic E-state index is -1.31.